The van der Waals surface area contributed by atoms with Crippen LogP contribution in [0.3, 0.4) is 0 Å². The zero-order chi connectivity index (χ0) is 13.9. The van der Waals surface area contributed by atoms with Crippen LogP contribution < -0.4 is 0 Å². The Labute approximate surface area is 117 Å². The normalized spacial score (nSPS) is 16.8. The second-order valence-corrected chi connectivity index (χ2v) is 4.96. The van der Waals surface area contributed by atoms with Crippen LogP contribution in [0, 0.1) is 0 Å². The summed E-state index contributed by atoms with van der Waals surface area (Å²) in [6.45, 7) is 3.87. The number of H-pyrrole nitrogens is 1. The molecule has 1 aliphatic heterocycles. The molecular weight excluding hydrogens is 256 g/mol. The predicted octanol–water partition coefficient (Wildman–Crippen LogP) is 0.313. The van der Waals surface area contributed by atoms with E-state index in [1.165, 1.54) is 0 Å². The van der Waals surface area contributed by atoms with E-state index >= 15 is 0 Å². The van der Waals surface area contributed by atoms with Gasteiger partial charge in [-0.05, 0) is 12.1 Å². The van der Waals surface area contributed by atoms with E-state index in [1.807, 2.05) is 17.0 Å². The number of fused-ring (bicyclic) bond motifs is 1. The molecule has 3 rings (SSSR count). The van der Waals surface area contributed by atoms with Gasteiger partial charge in [0.15, 0.2) is 0 Å². The van der Waals surface area contributed by atoms with E-state index in [0.29, 0.717) is 25.2 Å². The summed E-state index contributed by atoms with van der Waals surface area (Å²) in [5.41, 5.74) is 1.43. The van der Waals surface area contributed by atoms with Gasteiger partial charge in [0.1, 0.15) is 5.65 Å². The molecule has 2 N–H and O–H groups in total. The molecule has 0 radical (unpaired) electrons. The molecule has 6 heteroatoms. The van der Waals surface area contributed by atoms with Crippen LogP contribution in [-0.2, 0) is 0 Å². The number of aromatic amines is 1. The zero-order valence-corrected chi connectivity index (χ0v) is 11.2. The van der Waals surface area contributed by atoms with E-state index in [2.05, 4.69) is 14.9 Å². The Morgan fingerprint density at radius 3 is 2.90 bits per heavy atom. The summed E-state index contributed by atoms with van der Waals surface area (Å²) in [4.78, 5) is 23.8. The SMILES string of the molecule is O=C(c1c[nH]c2ncccc12)N1CCN(CCO)CC1. The van der Waals surface area contributed by atoms with Crippen LogP contribution in [0.15, 0.2) is 24.5 Å². The molecule has 1 amide bonds. The molecule has 3 heterocycles. The average Bonchev–Trinajstić information content (AvgIpc) is 2.92. The maximum atomic E-state index is 12.5. The van der Waals surface area contributed by atoms with Crippen LogP contribution in [0.5, 0.6) is 0 Å². The van der Waals surface area contributed by atoms with Gasteiger partial charge in [-0.25, -0.2) is 4.98 Å². The first-order valence-corrected chi connectivity index (χ1v) is 6.84. The summed E-state index contributed by atoms with van der Waals surface area (Å²) in [6, 6.07) is 3.75. The van der Waals surface area contributed by atoms with Gasteiger partial charge in [-0.3, -0.25) is 9.69 Å². The summed E-state index contributed by atoms with van der Waals surface area (Å²) >= 11 is 0. The lowest BCUT2D eigenvalue weighted by Crippen LogP contribution is -2.49. The van der Waals surface area contributed by atoms with Crippen molar-refractivity contribution >= 4 is 16.9 Å². The molecule has 0 aromatic carbocycles. The number of piperazine rings is 1. The molecule has 2 aromatic heterocycles. The Hall–Kier alpha value is -1.92. The van der Waals surface area contributed by atoms with Crippen LogP contribution >= 0.6 is 0 Å². The zero-order valence-electron chi connectivity index (χ0n) is 11.2. The van der Waals surface area contributed by atoms with Gasteiger partial charge < -0.3 is 15.0 Å². The average molecular weight is 274 g/mol. The third-order valence-corrected chi connectivity index (χ3v) is 3.76. The predicted molar refractivity (Wildman–Crippen MR) is 75.5 cm³/mol. The topological polar surface area (TPSA) is 72.5 Å². The number of aromatic nitrogens is 2. The minimum atomic E-state index is 0.0490. The minimum Gasteiger partial charge on any atom is -0.395 e. The van der Waals surface area contributed by atoms with Crippen molar-refractivity contribution in [3.8, 4) is 0 Å². The quantitative estimate of drug-likeness (QED) is 0.845. The maximum Gasteiger partial charge on any atom is 0.256 e. The summed E-state index contributed by atoms with van der Waals surface area (Å²) in [7, 11) is 0. The smallest absolute Gasteiger partial charge is 0.256 e. The Bertz CT molecular complexity index is 602. The van der Waals surface area contributed by atoms with Gasteiger partial charge in [0, 0.05) is 50.5 Å². The van der Waals surface area contributed by atoms with E-state index in [4.69, 9.17) is 5.11 Å². The standard InChI is InChI=1S/C14H18N4O2/c19-9-8-17-4-6-18(7-5-17)14(20)12-10-16-13-11(12)2-1-3-15-13/h1-3,10,19H,4-9H2,(H,15,16). The van der Waals surface area contributed by atoms with E-state index in [1.54, 1.807) is 12.4 Å². The fourth-order valence-electron chi connectivity index (χ4n) is 2.62. The number of aliphatic hydroxyl groups is 1. The summed E-state index contributed by atoms with van der Waals surface area (Å²) in [5.74, 6) is 0.0490. The van der Waals surface area contributed by atoms with Crippen molar-refractivity contribution in [1.29, 1.82) is 0 Å². The third-order valence-electron chi connectivity index (χ3n) is 3.76. The second kappa shape index (κ2) is 5.60. The van der Waals surface area contributed by atoms with E-state index in [-0.39, 0.29) is 12.5 Å². The Morgan fingerprint density at radius 2 is 2.15 bits per heavy atom. The molecule has 1 aliphatic rings. The molecule has 6 nitrogen and oxygen atoms in total. The van der Waals surface area contributed by atoms with Crippen LogP contribution in [-0.4, -0.2) is 70.1 Å². The lowest BCUT2D eigenvalue weighted by atomic mass is 10.2. The number of β-amino-alcohol motifs (C(OH)–C–C–N with tert-alkyl or cyclic N) is 1. The lowest BCUT2D eigenvalue weighted by Gasteiger charge is -2.34. The third kappa shape index (κ3) is 2.39. The largest absolute Gasteiger partial charge is 0.395 e. The van der Waals surface area contributed by atoms with Crippen molar-refractivity contribution in [2.45, 2.75) is 0 Å². The first kappa shape index (κ1) is 13.1. The number of nitrogens with one attached hydrogen (secondary N) is 1. The van der Waals surface area contributed by atoms with Gasteiger partial charge in [-0.15, -0.1) is 0 Å². The monoisotopic (exact) mass is 274 g/mol. The Balaban J connectivity index is 1.74. The molecule has 1 fully saturated rings. The number of hydrogen-bond donors (Lipinski definition) is 2. The number of nitrogens with zero attached hydrogens (tertiary/aromatic N) is 3. The number of rotatable bonds is 3. The minimum absolute atomic E-state index is 0.0490. The Kier molecular flexibility index (Phi) is 3.66. The number of amides is 1. The van der Waals surface area contributed by atoms with E-state index in [0.717, 1.165) is 24.1 Å². The van der Waals surface area contributed by atoms with Gasteiger partial charge in [0.25, 0.3) is 5.91 Å². The highest BCUT2D eigenvalue weighted by Gasteiger charge is 2.23. The molecule has 0 aliphatic carbocycles. The second-order valence-electron chi connectivity index (χ2n) is 4.96. The van der Waals surface area contributed by atoms with E-state index in [9.17, 15) is 4.79 Å². The molecule has 20 heavy (non-hydrogen) atoms. The van der Waals surface area contributed by atoms with Crippen molar-refractivity contribution in [3.63, 3.8) is 0 Å². The van der Waals surface area contributed by atoms with Gasteiger partial charge in [-0.2, -0.15) is 0 Å². The van der Waals surface area contributed by atoms with Crippen LogP contribution in [0.1, 0.15) is 10.4 Å². The summed E-state index contributed by atoms with van der Waals surface area (Å²) < 4.78 is 0. The summed E-state index contributed by atoms with van der Waals surface area (Å²) in [5, 5.41) is 9.80. The highest BCUT2D eigenvalue weighted by atomic mass is 16.3. The molecular formula is C14H18N4O2. The number of pyridine rings is 1. The van der Waals surface area contributed by atoms with Crippen LogP contribution in [0.4, 0.5) is 0 Å². The molecule has 0 unspecified atom stereocenters. The number of hydrogen-bond acceptors (Lipinski definition) is 4. The Morgan fingerprint density at radius 1 is 1.35 bits per heavy atom. The molecule has 0 bridgehead atoms. The van der Waals surface area contributed by atoms with Crippen LogP contribution in [0.2, 0.25) is 0 Å². The van der Waals surface area contributed by atoms with Crippen molar-refractivity contribution in [3.05, 3.63) is 30.1 Å². The molecule has 0 saturated carbocycles. The van der Waals surface area contributed by atoms with Gasteiger partial charge in [0.2, 0.25) is 0 Å². The first-order valence-electron chi connectivity index (χ1n) is 6.84. The number of aliphatic hydroxyl groups excluding tert-OH is 1. The fraction of sp³-hybridized carbons (Fsp3) is 0.429. The first-order chi connectivity index (χ1) is 9.79. The van der Waals surface area contributed by atoms with Crippen LogP contribution in [0.25, 0.3) is 11.0 Å². The molecule has 106 valence electrons. The van der Waals surface area contributed by atoms with Gasteiger partial charge >= 0.3 is 0 Å². The maximum absolute atomic E-state index is 12.5. The highest BCUT2D eigenvalue weighted by Crippen LogP contribution is 2.18. The van der Waals surface area contributed by atoms with E-state index < -0.39 is 0 Å². The molecule has 0 spiro atoms. The van der Waals surface area contributed by atoms with Gasteiger partial charge in [-0.1, -0.05) is 0 Å². The molecule has 2 aromatic rings. The molecule has 1 saturated heterocycles. The van der Waals surface area contributed by atoms with Gasteiger partial charge in [0.05, 0.1) is 12.2 Å². The van der Waals surface area contributed by atoms with Crippen molar-refractivity contribution in [1.82, 2.24) is 19.8 Å². The van der Waals surface area contributed by atoms with Crippen molar-refractivity contribution < 1.29 is 9.90 Å². The molecule has 0 atom stereocenters. The van der Waals surface area contributed by atoms with Crippen molar-refractivity contribution in [2.24, 2.45) is 0 Å². The lowest BCUT2D eigenvalue weighted by molar-refractivity contribution is 0.0617. The fourth-order valence-corrected chi connectivity index (χ4v) is 2.62. The summed E-state index contributed by atoms with van der Waals surface area (Å²) in [6.07, 6.45) is 3.45. The number of carbonyl (C=O) groups is 1. The highest BCUT2D eigenvalue weighted by molar-refractivity contribution is 6.05. The van der Waals surface area contributed by atoms with Crippen molar-refractivity contribution in [2.75, 3.05) is 39.3 Å². The number of carbonyl (C=O) groups excluding carboxylic acids is 1.